The van der Waals surface area contributed by atoms with Crippen LogP contribution in [0.1, 0.15) is 11.6 Å². The van der Waals surface area contributed by atoms with E-state index >= 15 is 0 Å². The minimum Gasteiger partial charge on any atom is -0.379 e. The third kappa shape index (κ3) is 4.20. The molecule has 3 rings (SSSR count). The first-order valence-corrected chi connectivity index (χ1v) is 10.1. The SMILES string of the molecule is O=S(=O)(NCC(c1ccsc1)N1CCOCC1)c1cccc(F)c1. The third-order valence-corrected chi connectivity index (χ3v) is 6.11. The van der Waals surface area contributed by atoms with E-state index in [1.807, 2.05) is 16.8 Å². The first kappa shape index (κ1) is 17.5. The van der Waals surface area contributed by atoms with E-state index in [1.165, 1.54) is 18.2 Å². The molecule has 1 fully saturated rings. The van der Waals surface area contributed by atoms with Gasteiger partial charge in [-0.25, -0.2) is 17.5 Å². The molecule has 0 radical (unpaired) electrons. The number of ether oxygens (including phenoxy) is 1. The molecule has 1 aromatic carbocycles. The van der Waals surface area contributed by atoms with Gasteiger partial charge in [0.15, 0.2) is 0 Å². The van der Waals surface area contributed by atoms with Crippen LogP contribution in [0.2, 0.25) is 0 Å². The van der Waals surface area contributed by atoms with Gasteiger partial charge in [-0.2, -0.15) is 11.3 Å². The minimum atomic E-state index is -3.75. The number of hydrogen-bond acceptors (Lipinski definition) is 5. The van der Waals surface area contributed by atoms with Crippen molar-refractivity contribution in [3.63, 3.8) is 0 Å². The van der Waals surface area contributed by atoms with Gasteiger partial charge in [-0.1, -0.05) is 6.07 Å². The van der Waals surface area contributed by atoms with E-state index in [1.54, 1.807) is 11.3 Å². The van der Waals surface area contributed by atoms with Crippen molar-refractivity contribution >= 4 is 21.4 Å². The molecule has 0 spiro atoms. The fourth-order valence-electron chi connectivity index (χ4n) is 2.72. The van der Waals surface area contributed by atoms with Gasteiger partial charge in [0.05, 0.1) is 18.1 Å². The monoisotopic (exact) mass is 370 g/mol. The second-order valence-electron chi connectivity index (χ2n) is 5.53. The number of nitrogens with zero attached hydrogens (tertiary/aromatic N) is 1. The van der Waals surface area contributed by atoms with Crippen LogP contribution in [0.3, 0.4) is 0 Å². The summed E-state index contributed by atoms with van der Waals surface area (Å²) in [5, 5.41) is 4.00. The number of hydrogen-bond donors (Lipinski definition) is 1. The molecule has 24 heavy (non-hydrogen) atoms. The summed E-state index contributed by atoms with van der Waals surface area (Å²) in [6, 6.07) is 6.96. The molecule has 1 unspecified atom stereocenters. The van der Waals surface area contributed by atoms with Crippen LogP contribution in [0.4, 0.5) is 4.39 Å². The number of sulfonamides is 1. The Labute approximate surface area is 145 Å². The number of nitrogens with one attached hydrogen (secondary N) is 1. The molecule has 1 atom stereocenters. The van der Waals surface area contributed by atoms with Crippen LogP contribution in [0.15, 0.2) is 46.0 Å². The van der Waals surface area contributed by atoms with E-state index in [0.717, 1.165) is 24.7 Å². The van der Waals surface area contributed by atoms with Crippen molar-refractivity contribution in [2.75, 3.05) is 32.8 Å². The maximum Gasteiger partial charge on any atom is 0.240 e. The molecule has 130 valence electrons. The van der Waals surface area contributed by atoms with Crippen molar-refractivity contribution < 1.29 is 17.5 Å². The van der Waals surface area contributed by atoms with Gasteiger partial charge in [0, 0.05) is 25.7 Å². The number of thiophene rings is 1. The van der Waals surface area contributed by atoms with Crippen molar-refractivity contribution in [1.29, 1.82) is 0 Å². The Morgan fingerprint density at radius 1 is 1.29 bits per heavy atom. The number of rotatable bonds is 6. The highest BCUT2D eigenvalue weighted by molar-refractivity contribution is 7.89. The summed E-state index contributed by atoms with van der Waals surface area (Å²) in [4.78, 5) is 2.15. The summed E-state index contributed by atoms with van der Waals surface area (Å²) in [5.74, 6) is -0.569. The number of halogens is 1. The maximum absolute atomic E-state index is 13.3. The summed E-state index contributed by atoms with van der Waals surface area (Å²) in [6.45, 7) is 3.01. The molecule has 1 aromatic heterocycles. The van der Waals surface area contributed by atoms with Crippen molar-refractivity contribution in [1.82, 2.24) is 9.62 Å². The van der Waals surface area contributed by atoms with Crippen molar-refractivity contribution in [2.45, 2.75) is 10.9 Å². The lowest BCUT2D eigenvalue weighted by atomic mass is 10.1. The highest BCUT2D eigenvalue weighted by Crippen LogP contribution is 2.24. The molecule has 0 bridgehead atoms. The average Bonchev–Trinajstić information content (AvgIpc) is 3.10. The standard InChI is InChI=1S/C16H19FN2O3S2/c17-14-2-1-3-15(10-14)24(20,21)18-11-16(13-4-9-23-12-13)19-5-7-22-8-6-19/h1-4,9-10,12,16,18H,5-8,11H2. The fourth-order valence-corrected chi connectivity index (χ4v) is 4.49. The Balaban J connectivity index is 1.75. The topological polar surface area (TPSA) is 58.6 Å². The highest BCUT2D eigenvalue weighted by atomic mass is 32.2. The summed E-state index contributed by atoms with van der Waals surface area (Å²) in [5.41, 5.74) is 1.07. The smallest absolute Gasteiger partial charge is 0.240 e. The Hall–Kier alpha value is -1.32. The molecule has 2 heterocycles. The molecule has 8 heteroatoms. The zero-order valence-electron chi connectivity index (χ0n) is 13.0. The van der Waals surface area contributed by atoms with Gasteiger partial charge >= 0.3 is 0 Å². The molecule has 1 N–H and O–H groups in total. The van der Waals surface area contributed by atoms with E-state index in [0.29, 0.717) is 13.2 Å². The van der Waals surface area contributed by atoms with Gasteiger partial charge in [-0.05, 0) is 40.6 Å². The van der Waals surface area contributed by atoms with Crippen LogP contribution < -0.4 is 4.72 Å². The average molecular weight is 370 g/mol. The number of benzene rings is 1. The predicted molar refractivity (Wildman–Crippen MR) is 91.0 cm³/mol. The Bertz CT molecular complexity index is 759. The lowest BCUT2D eigenvalue weighted by Gasteiger charge is -2.34. The summed E-state index contributed by atoms with van der Waals surface area (Å²) in [7, 11) is -3.75. The first-order chi connectivity index (χ1) is 11.6. The molecule has 1 saturated heterocycles. The van der Waals surface area contributed by atoms with E-state index in [2.05, 4.69) is 9.62 Å². The van der Waals surface area contributed by atoms with E-state index in [-0.39, 0.29) is 17.5 Å². The first-order valence-electron chi connectivity index (χ1n) is 7.65. The third-order valence-electron chi connectivity index (χ3n) is 3.99. The molecule has 0 aliphatic carbocycles. The zero-order chi connectivity index (χ0) is 17.0. The molecule has 0 amide bonds. The second kappa shape index (κ2) is 7.71. The normalized spacial score (nSPS) is 17.7. The quantitative estimate of drug-likeness (QED) is 0.847. The zero-order valence-corrected chi connectivity index (χ0v) is 14.7. The van der Waals surface area contributed by atoms with Crippen molar-refractivity contribution in [2.24, 2.45) is 0 Å². The Kier molecular flexibility index (Phi) is 5.62. The molecule has 1 aliphatic rings. The minimum absolute atomic E-state index is 0.0615. The van der Waals surface area contributed by atoms with Gasteiger partial charge in [-0.3, -0.25) is 4.90 Å². The number of morpholine rings is 1. The second-order valence-corrected chi connectivity index (χ2v) is 8.08. The van der Waals surface area contributed by atoms with Gasteiger partial charge in [0.25, 0.3) is 0 Å². The van der Waals surface area contributed by atoms with Crippen molar-refractivity contribution in [3.8, 4) is 0 Å². The van der Waals surface area contributed by atoms with Gasteiger partial charge < -0.3 is 4.74 Å². The molecule has 5 nitrogen and oxygen atoms in total. The predicted octanol–water partition coefficient (Wildman–Crippen LogP) is 2.24. The molecular formula is C16H19FN2O3S2. The maximum atomic E-state index is 13.3. The fraction of sp³-hybridized carbons (Fsp3) is 0.375. The van der Waals surface area contributed by atoms with Crippen LogP contribution in [0.5, 0.6) is 0 Å². The summed E-state index contributed by atoms with van der Waals surface area (Å²) in [6.07, 6.45) is 0. The van der Waals surface area contributed by atoms with Crippen LogP contribution >= 0.6 is 11.3 Å². The van der Waals surface area contributed by atoms with E-state index < -0.39 is 15.8 Å². The molecule has 2 aromatic rings. The lowest BCUT2D eigenvalue weighted by Crippen LogP contribution is -2.43. The Morgan fingerprint density at radius 2 is 2.08 bits per heavy atom. The molecule has 1 aliphatic heterocycles. The van der Waals surface area contributed by atoms with E-state index in [4.69, 9.17) is 4.74 Å². The van der Waals surface area contributed by atoms with Gasteiger partial charge in [0.1, 0.15) is 5.82 Å². The van der Waals surface area contributed by atoms with Crippen molar-refractivity contribution in [3.05, 3.63) is 52.5 Å². The van der Waals surface area contributed by atoms with Gasteiger partial charge in [0.2, 0.25) is 10.0 Å². The molecular weight excluding hydrogens is 351 g/mol. The van der Waals surface area contributed by atoms with Crippen LogP contribution in [-0.4, -0.2) is 46.2 Å². The largest absolute Gasteiger partial charge is 0.379 e. The lowest BCUT2D eigenvalue weighted by molar-refractivity contribution is 0.0173. The van der Waals surface area contributed by atoms with Crippen LogP contribution in [0, 0.1) is 5.82 Å². The van der Waals surface area contributed by atoms with Crippen LogP contribution in [-0.2, 0) is 14.8 Å². The van der Waals surface area contributed by atoms with Gasteiger partial charge in [-0.15, -0.1) is 0 Å². The summed E-state index contributed by atoms with van der Waals surface area (Å²) >= 11 is 1.58. The van der Waals surface area contributed by atoms with Crippen LogP contribution in [0.25, 0.3) is 0 Å². The summed E-state index contributed by atoms with van der Waals surface area (Å²) < 4.78 is 46.1. The molecule has 0 saturated carbocycles. The van der Waals surface area contributed by atoms with E-state index in [9.17, 15) is 12.8 Å². The highest BCUT2D eigenvalue weighted by Gasteiger charge is 2.25. The Morgan fingerprint density at radius 3 is 2.75 bits per heavy atom.